The lowest BCUT2D eigenvalue weighted by molar-refractivity contribution is 0.438. The van der Waals surface area contributed by atoms with Crippen LogP contribution in [0.2, 0.25) is 5.02 Å². The van der Waals surface area contributed by atoms with E-state index in [0.717, 1.165) is 6.07 Å². The lowest BCUT2D eigenvalue weighted by Gasteiger charge is -2.00. The van der Waals surface area contributed by atoms with Crippen LogP contribution < -0.4 is 5.73 Å². The number of hydrogen-bond acceptors (Lipinski definition) is 3. The normalized spacial score (nSPS) is 10.6. The molecule has 2 rings (SSSR count). The predicted octanol–water partition coefficient (Wildman–Crippen LogP) is 2.86. The van der Waals surface area contributed by atoms with Crippen LogP contribution in [0.4, 0.5) is 14.7 Å². The molecule has 2 N–H and O–H groups in total. The third-order valence-corrected chi connectivity index (χ3v) is 2.10. The molecule has 0 bridgehead atoms. The van der Waals surface area contributed by atoms with E-state index in [2.05, 4.69) is 9.68 Å². The van der Waals surface area contributed by atoms with Crippen LogP contribution in [-0.2, 0) is 0 Å². The second-order valence-corrected chi connectivity index (χ2v) is 3.27. The summed E-state index contributed by atoms with van der Waals surface area (Å²) in [5.41, 5.74) is 5.49. The van der Waals surface area contributed by atoms with Gasteiger partial charge in [-0.25, -0.2) is 8.78 Å². The third-order valence-electron chi connectivity index (χ3n) is 1.81. The smallest absolute Gasteiger partial charge is 0.222 e. The Morgan fingerprint density at radius 3 is 2.53 bits per heavy atom. The number of aromatic nitrogens is 1. The van der Waals surface area contributed by atoms with Gasteiger partial charge in [0, 0.05) is 17.7 Å². The second kappa shape index (κ2) is 3.51. The van der Waals surface area contributed by atoms with Crippen molar-refractivity contribution < 1.29 is 13.3 Å². The molecule has 0 saturated carbocycles. The third kappa shape index (κ3) is 1.78. The van der Waals surface area contributed by atoms with Gasteiger partial charge in [0.15, 0.2) is 0 Å². The quantitative estimate of drug-likeness (QED) is 0.767. The van der Waals surface area contributed by atoms with E-state index in [4.69, 9.17) is 17.3 Å². The molecular formula is C9H5ClF2N2O. The first-order chi connectivity index (χ1) is 7.08. The Morgan fingerprint density at radius 2 is 1.93 bits per heavy atom. The van der Waals surface area contributed by atoms with Crippen LogP contribution in [-0.4, -0.2) is 5.16 Å². The Morgan fingerprint density at radius 1 is 1.20 bits per heavy atom. The first-order valence-corrected chi connectivity index (χ1v) is 4.33. The van der Waals surface area contributed by atoms with E-state index in [1.807, 2.05) is 0 Å². The minimum Gasteiger partial charge on any atom is -0.368 e. The van der Waals surface area contributed by atoms with Crippen molar-refractivity contribution in [2.75, 3.05) is 5.73 Å². The highest BCUT2D eigenvalue weighted by atomic mass is 35.5. The summed E-state index contributed by atoms with van der Waals surface area (Å²) in [7, 11) is 0. The number of halogens is 3. The molecule has 0 radical (unpaired) electrons. The number of anilines is 1. The molecule has 0 aliphatic rings. The van der Waals surface area contributed by atoms with Gasteiger partial charge in [-0.05, 0) is 6.07 Å². The molecular weight excluding hydrogens is 226 g/mol. The van der Waals surface area contributed by atoms with Gasteiger partial charge in [0.1, 0.15) is 17.3 Å². The van der Waals surface area contributed by atoms with E-state index < -0.39 is 11.6 Å². The van der Waals surface area contributed by atoms with E-state index in [1.54, 1.807) is 0 Å². The molecule has 0 amide bonds. The molecule has 1 aromatic carbocycles. The summed E-state index contributed by atoms with van der Waals surface area (Å²) in [5.74, 6) is -1.55. The number of nitrogen functional groups attached to an aromatic ring is 1. The molecule has 78 valence electrons. The van der Waals surface area contributed by atoms with Crippen LogP contribution in [0.1, 0.15) is 0 Å². The van der Waals surface area contributed by atoms with Gasteiger partial charge in [-0.2, -0.15) is 0 Å². The molecule has 1 heterocycles. The molecule has 6 heteroatoms. The van der Waals surface area contributed by atoms with E-state index in [9.17, 15) is 8.78 Å². The van der Waals surface area contributed by atoms with E-state index >= 15 is 0 Å². The van der Waals surface area contributed by atoms with Crippen molar-refractivity contribution in [1.29, 1.82) is 0 Å². The maximum absolute atomic E-state index is 13.3. The van der Waals surface area contributed by atoms with E-state index in [-0.39, 0.29) is 22.2 Å². The highest BCUT2D eigenvalue weighted by molar-refractivity contribution is 6.31. The van der Waals surface area contributed by atoms with Crippen molar-refractivity contribution in [3.8, 4) is 11.3 Å². The molecule has 0 saturated heterocycles. The van der Waals surface area contributed by atoms with Crippen molar-refractivity contribution in [3.63, 3.8) is 0 Å². The van der Waals surface area contributed by atoms with Crippen LogP contribution >= 0.6 is 11.6 Å². The summed E-state index contributed by atoms with van der Waals surface area (Å²) in [4.78, 5) is 0. The SMILES string of the molecule is Nc1cc(-c2cc(Cl)c(F)cc2F)no1. The summed E-state index contributed by atoms with van der Waals surface area (Å²) >= 11 is 5.51. The van der Waals surface area contributed by atoms with Crippen LogP contribution in [0.3, 0.4) is 0 Å². The Kier molecular flexibility index (Phi) is 2.32. The van der Waals surface area contributed by atoms with Crippen LogP contribution in [0.5, 0.6) is 0 Å². The fourth-order valence-corrected chi connectivity index (χ4v) is 1.30. The minimum atomic E-state index is -0.825. The minimum absolute atomic E-state index is 0.0434. The summed E-state index contributed by atoms with van der Waals surface area (Å²) in [6.07, 6.45) is 0. The van der Waals surface area contributed by atoms with Crippen molar-refractivity contribution >= 4 is 17.5 Å². The number of benzene rings is 1. The van der Waals surface area contributed by atoms with Gasteiger partial charge in [0.25, 0.3) is 0 Å². The lowest BCUT2D eigenvalue weighted by atomic mass is 10.1. The Hall–Kier alpha value is -1.62. The number of rotatable bonds is 1. The molecule has 2 aromatic rings. The van der Waals surface area contributed by atoms with E-state index in [0.29, 0.717) is 6.07 Å². The Bertz CT molecular complexity index is 513. The van der Waals surface area contributed by atoms with Crippen molar-refractivity contribution in [2.45, 2.75) is 0 Å². The lowest BCUT2D eigenvalue weighted by Crippen LogP contribution is -1.87. The van der Waals surface area contributed by atoms with Crippen LogP contribution in [0.15, 0.2) is 22.7 Å². The zero-order valence-corrected chi connectivity index (χ0v) is 8.05. The van der Waals surface area contributed by atoms with Gasteiger partial charge in [-0.1, -0.05) is 16.8 Å². The molecule has 3 nitrogen and oxygen atoms in total. The first kappa shape index (κ1) is 9.92. The number of hydrogen-bond donors (Lipinski definition) is 1. The highest BCUT2D eigenvalue weighted by Gasteiger charge is 2.13. The van der Waals surface area contributed by atoms with Crippen LogP contribution in [0.25, 0.3) is 11.3 Å². The zero-order chi connectivity index (χ0) is 11.0. The van der Waals surface area contributed by atoms with Crippen molar-refractivity contribution in [1.82, 2.24) is 5.16 Å². The van der Waals surface area contributed by atoms with Gasteiger partial charge in [0.05, 0.1) is 5.02 Å². The average molecular weight is 231 g/mol. The molecule has 0 fully saturated rings. The van der Waals surface area contributed by atoms with Gasteiger partial charge in [-0.15, -0.1) is 0 Å². The standard InChI is InChI=1S/C9H5ClF2N2O/c10-5-1-4(6(11)2-7(5)12)8-3-9(13)15-14-8/h1-3H,13H2. The molecule has 15 heavy (non-hydrogen) atoms. The maximum Gasteiger partial charge on any atom is 0.222 e. The fraction of sp³-hybridized carbons (Fsp3) is 0. The highest BCUT2D eigenvalue weighted by Crippen LogP contribution is 2.28. The van der Waals surface area contributed by atoms with Gasteiger partial charge >= 0.3 is 0 Å². The molecule has 0 atom stereocenters. The molecule has 1 aromatic heterocycles. The zero-order valence-electron chi connectivity index (χ0n) is 7.30. The first-order valence-electron chi connectivity index (χ1n) is 3.95. The predicted molar refractivity (Wildman–Crippen MR) is 51.3 cm³/mol. The molecule has 0 aliphatic carbocycles. The number of nitrogens with zero attached hydrogens (tertiary/aromatic N) is 1. The summed E-state index contributed by atoms with van der Waals surface area (Å²) in [5, 5.41) is 3.31. The van der Waals surface area contributed by atoms with Gasteiger partial charge in [0.2, 0.25) is 5.88 Å². The largest absolute Gasteiger partial charge is 0.368 e. The Balaban J connectivity index is 2.58. The van der Waals surface area contributed by atoms with E-state index in [1.165, 1.54) is 6.07 Å². The second-order valence-electron chi connectivity index (χ2n) is 2.86. The summed E-state index contributed by atoms with van der Waals surface area (Å²) < 4.78 is 30.7. The maximum atomic E-state index is 13.3. The number of nitrogens with two attached hydrogens (primary N) is 1. The average Bonchev–Trinajstić information content (AvgIpc) is 2.58. The van der Waals surface area contributed by atoms with Gasteiger partial charge in [-0.3, -0.25) is 0 Å². The monoisotopic (exact) mass is 230 g/mol. The fourth-order valence-electron chi connectivity index (χ4n) is 1.14. The summed E-state index contributed by atoms with van der Waals surface area (Å²) in [6.45, 7) is 0. The van der Waals surface area contributed by atoms with Crippen molar-refractivity contribution in [2.24, 2.45) is 0 Å². The van der Waals surface area contributed by atoms with Gasteiger partial charge < -0.3 is 10.3 Å². The molecule has 0 aliphatic heterocycles. The van der Waals surface area contributed by atoms with Crippen molar-refractivity contribution in [3.05, 3.63) is 34.9 Å². The molecule has 0 unspecified atom stereocenters. The topological polar surface area (TPSA) is 52.0 Å². The Labute approximate surface area is 88.4 Å². The molecule has 0 spiro atoms. The summed E-state index contributed by atoms with van der Waals surface area (Å²) in [6, 6.07) is 3.14. The van der Waals surface area contributed by atoms with Crippen LogP contribution in [0, 0.1) is 11.6 Å².